The Labute approximate surface area is 166 Å². The molecule has 0 aliphatic rings. The number of carbonyl (C=O) groups excluding carboxylic acids is 1. The van der Waals surface area contributed by atoms with Crippen molar-refractivity contribution in [1.29, 1.82) is 0 Å². The second-order valence-corrected chi connectivity index (χ2v) is 6.87. The molecule has 0 atom stereocenters. The number of methoxy groups -OCH3 is 2. The lowest BCUT2D eigenvalue weighted by Gasteiger charge is -2.10. The first kappa shape index (κ1) is 19.0. The molecule has 3 rings (SSSR count). The number of amides is 1. The van der Waals surface area contributed by atoms with Gasteiger partial charge in [-0.05, 0) is 30.3 Å². The summed E-state index contributed by atoms with van der Waals surface area (Å²) in [5, 5.41) is 9.08. The molecular weight excluding hydrogens is 386 g/mol. The van der Waals surface area contributed by atoms with E-state index in [4.69, 9.17) is 21.1 Å². The lowest BCUT2D eigenvalue weighted by atomic mass is 10.2. The Bertz CT molecular complexity index is 945. The van der Waals surface area contributed by atoms with Crippen molar-refractivity contribution in [2.24, 2.45) is 0 Å². The van der Waals surface area contributed by atoms with Gasteiger partial charge in [0.15, 0.2) is 5.13 Å². The van der Waals surface area contributed by atoms with Crippen LogP contribution in [0.1, 0.15) is 5.69 Å². The van der Waals surface area contributed by atoms with Crippen molar-refractivity contribution in [3.05, 3.63) is 58.6 Å². The molecule has 0 saturated heterocycles. The molecule has 140 valence electrons. The molecule has 0 radical (unpaired) electrons. The third kappa shape index (κ3) is 5.12. The largest absolute Gasteiger partial charge is 0.497 e. The fraction of sp³-hybridized carbons (Fsp3) is 0.158. The zero-order valence-corrected chi connectivity index (χ0v) is 16.4. The molecule has 27 heavy (non-hydrogen) atoms. The number of ether oxygens (including phenoxy) is 2. The number of nitrogens with zero attached hydrogens (tertiary/aromatic N) is 1. The van der Waals surface area contributed by atoms with E-state index in [1.165, 1.54) is 11.3 Å². The van der Waals surface area contributed by atoms with Crippen LogP contribution in [0.15, 0.2) is 47.8 Å². The molecule has 0 spiro atoms. The number of halogens is 1. The van der Waals surface area contributed by atoms with Crippen LogP contribution in [-0.2, 0) is 11.2 Å². The molecule has 0 aliphatic heterocycles. The zero-order valence-electron chi connectivity index (χ0n) is 14.8. The summed E-state index contributed by atoms with van der Waals surface area (Å²) >= 11 is 7.33. The summed E-state index contributed by atoms with van der Waals surface area (Å²) in [6.07, 6.45) is 0.167. The van der Waals surface area contributed by atoms with Crippen LogP contribution in [0.5, 0.6) is 11.5 Å². The molecule has 1 aromatic heterocycles. The van der Waals surface area contributed by atoms with Crippen molar-refractivity contribution in [3.8, 4) is 11.5 Å². The molecule has 6 nitrogen and oxygen atoms in total. The molecule has 0 fully saturated rings. The van der Waals surface area contributed by atoms with Crippen LogP contribution in [0.3, 0.4) is 0 Å². The molecule has 0 unspecified atom stereocenters. The third-order valence-corrected chi connectivity index (χ3v) is 4.69. The number of anilines is 3. The summed E-state index contributed by atoms with van der Waals surface area (Å²) < 4.78 is 10.6. The van der Waals surface area contributed by atoms with E-state index < -0.39 is 0 Å². The maximum atomic E-state index is 12.2. The van der Waals surface area contributed by atoms with Crippen LogP contribution in [0.25, 0.3) is 0 Å². The number of hydrogen-bond donors (Lipinski definition) is 2. The first-order valence-electron chi connectivity index (χ1n) is 8.06. The quantitative estimate of drug-likeness (QED) is 0.596. The molecule has 0 bridgehead atoms. The van der Waals surface area contributed by atoms with Crippen molar-refractivity contribution in [2.45, 2.75) is 6.42 Å². The molecule has 0 saturated carbocycles. The zero-order chi connectivity index (χ0) is 19.2. The Morgan fingerprint density at radius 3 is 2.78 bits per heavy atom. The van der Waals surface area contributed by atoms with Gasteiger partial charge in [0.25, 0.3) is 0 Å². The predicted octanol–water partition coefficient (Wildman–Crippen LogP) is 4.74. The maximum absolute atomic E-state index is 12.2. The topological polar surface area (TPSA) is 72.5 Å². The van der Waals surface area contributed by atoms with E-state index in [1.54, 1.807) is 38.5 Å². The van der Waals surface area contributed by atoms with E-state index in [-0.39, 0.29) is 12.3 Å². The monoisotopic (exact) mass is 403 g/mol. The van der Waals surface area contributed by atoms with Crippen LogP contribution >= 0.6 is 22.9 Å². The molecule has 1 heterocycles. The number of thiazole rings is 1. The van der Waals surface area contributed by atoms with E-state index in [0.29, 0.717) is 33.0 Å². The molecule has 0 aliphatic carbocycles. The lowest BCUT2D eigenvalue weighted by Crippen LogP contribution is -2.14. The summed E-state index contributed by atoms with van der Waals surface area (Å²) in [4.78, 5) is 16.7. The van der Waals surface area contributed by atoms with E-state index in [1.807, 2.05) is 23.6 Å². The van der Waals surface area contributed by atoms with E-state index in [2.05, 4.69) is 15.6 Å². The normalized spacial score (nSPS) is 10.3. The summed E-state index contributed by atoms with van der Waals surface area (Å²) in [5.41, 5.74) is 2.06. The summed E-state index contributed by atoms with van der Waals surface area (Å²) in [6.45, 7) is 0. The standard InChI is InChI=1S/C19H18ClN3O3S/c1-25-15-6-7-17(26-2)16(10-15)23-19-22-14(11-27-19)9-18(24)21-13-5-3-4-12(20)8-13/h3-8,10-11H,9H2,1-2H3,(H,21,24)(H,22,23). The van der Waals surface area contributed by atoms with Gasteiger partial charge in [0.1, 0.15) is 11.5 Å². The minimum Gasteiger partial charge on any atom is -0.497 e. The van der Waals surface area contributed by atoms with Crippen LogP contribution in [-0.4, -0.2) is 25.1 Å². The molecule has 2 aromatic carbocycles. The first-order chi connectivity index (χ1) is 13.1. The molecule has 8 heteroatoms. The highest BCUT2D eigenvalue weighted by atomic mass is 35.5. The van der Waals surface area contributed by atoms with Crippen LogP contribution in [0.4, 0.5) is 16.5 Å². The average Bonchev–Trinajstić information content (AvgIpc) is 3.08. The van der Waals surface area contributed by atoms with Crippen LogP contribution in [0.2, 0.25) is 5.02 Å². The Morgan fingerprint density at radius 1 is 1.19 bits per heavy atom. The van der Waals surface area contributed by atoms with Crippen molar-refractivity contribution < 1.29 is 14.3 Å². The second kappa shape index (κ2) is 8.75. The van der Waals surface area contributed by atoms with Gasteiger partial charge in [-0.25, -0.2) is 4.98 Å². The highest BCUT2D eigenvalue weighted by Crippen LogP contribution is 2.32. The van der Waals surface area contributed by atoms with Crippen LogP contribution < -0.4 is 20.1 Å². The number of hydrogen-bond acceptors (Lipinski definition) is 6. The second-order valence-electron chi connectivity index (χ2n) is 5.57. The van der Waals surface area contributed by atoms with Gasteiger partial charge in [-0.1, -0.05) is 17.7 Å². The fourth-order valence-corrected chi connectivity index (χ4v) is 3.32. The number of nitrogens with one attached hydrogen (secondary N) is 2. The van der Waals surface area contributed by atoms with Gasteiger partial charge in [0.05, 0.1) is 32.0 Å². The maximum Gasteiger partial charge on any atom is 0.230 e. The van der Waals surface area contributed by atoms with Crippen molar-refractivity contribution in [1.82, 2.24) is 4.98 Å². The number of benzene rings is 2. The summed E-state index contributed by atoms with van der Waals surface area (Å²) in [5.74, 6) is 1.22. The molecular formula is C19H18ClN3O3S. The SMILES string of the molecule is COc1ccc(OC)c(Nc2nc(CC(=O)Nc3cccc(Cl)c3)cs2)c1. The van der Waals surface area contributed by atoms with Gasteiger partial charge in [0.2, 0.25) is 5.91 Å². The highest BCUT2D eigenvalue weighted by molar-refractivity contribution is 7.13. The van der Waals surface area contributed by atoms with E-state index in [0.717, 1.165) is 5.69 Å². The Morgan fingerprint density at radius 2 is 2.04 bits per heavy atom. The van der Waals surface area contributed by atoms with Crippen molar-refractivity contribution >= 4 is 45.4 Å². The Hall–Kier alpha value is -2.77. The Kier molecular flexibility index (Phi) is 6.16. The van der Waals surface area contributed by atoms with Crippen molar-refractivity contribution in [3.63, 3.8) is 0 Å². The lowest BCUT2D eigenvalue weighted by molar-refractivity contribution is -0.115. The van der Waals surface area contributed by atoms with Gasteiger partial charge in [-0.3, -0.25) is 4.79 Å². The van der Waals surface area contributed by atoms with E-state index in [9.17, 15) is 4.79 Å². The fourth-order valence-electron chi connectivity index (χ4n) is 2.41. The van der Waals surface area contributed by atoms with Gasteiger partial charge < -0.3 is 20.1 Å². The smallest absolute Gasteiger partial charge is 0.230 e. The summed E-state index contributed by atoms with van der Waals surface area (Å²) in [6, 6.07) is 12.5. The molecule has 3 aromatic rings. The Balaban J connectivity index is 1.65. The number of carbonyl (C=O) groups is 1. The number of rotatable bonds is 7. The van der Waals surface area contributed by atoms with E-state index >= 15 is 0 Å². The van der Waals surface area contributed by atoms with Gasteiger partial charge in [-0.15, -0.1) is 11.3 Å². The van der Waals surface area contributed by atoms with Gasteiger partial charge >= 0.3 is 0 Å². The van der Waals surface area contributed by atoms with Gasteiger partial charge in [-0.2, -0.15) is 0 Å². The number of aromatic nitrogens is 1. The van der Waals surface area contributed by atoms with Gasteiger partial charge in [0, 0.05) is 22.2 Å². The minimum atomic E-state index is -0.159. The predicted molar refractivity (Wildman–Crippen MR) is 109 cm³/mol. The third-order valence-electron chi connectivity index (χ3n) is 3.65. The average molecular weight is 404 g/mol. The minimum absolute atomic E-state index is 0.159. The summed E-state index contributed by atoms with van der Waals surface area (Å²) in [7, 11) is 3.20. The molecule has 2 N–H and O–H groups in total. The highest BCUT2D eigenvalue weighted by Gasteiger charge is 2.11. The van der Waals surface area contributed by atoms with Crippen molar-refractivity contribution in [2.75, 3.05) is 24.9 Å². The molecule has 1 amide bonds. The first-order valence-corrected chi connectivity index (χ1v) is 9.32. The van der Waals surface area contributed by atoms with Crippen LogP contribution in [0, 0.1) is 0 Å².